The predicted octanol–water partition coefficient (Wildman–Crippen LogP) is 2.92. The molecule has 6 heteroatoms. The number of aryl methyl sites for hydroxylation is 2. The van der Waals surface area contributed by atoms with Crippen molar-refractivity contribution in [2.75, 3.05) is 13.1 Å². The second-order valence-corrected chi connectivity index (χ2v) is 7.46. The zero-order chi connectivity index (χ0) is 18.1. The van der Waals surface area contributed by atoms with Crippen molar-refractivity contribution in [2.45, 2.75) is 45.2 Å². The van der Waals surface area contributed by atoms with Crippen LogP contribution in [-0.2, 0) is 25.9 Å². The molecule has 1 aromatic heterocycles. The number of likely N-dealkylation sites (tertiary alicyclic amines) is 1. The fourth-order valence-corrected chi connectivity index (χ4v) is 4.04. The van der Waals surface area contributed by atoms with Gasteiger partial charge in [0.2, 0.25) is 0 Å². The maximum Gasteiger partial charge on any atom is 0.267 e. The summed E-state index contributed by atoms with van der Waals surface area (Å²) in [6, 6.07) is 5.85. The van der Waals surface area contributed by atoms with E-state index in [1.54, 1.807) is 16.8 Å². The molecule has 0 radical (unpaired) electrons. The molecule has 0 spiro atoms. The Kier molecular flexibility index (Phi) is 4.85. The number of hydrogen-bond acceptors (Lipinski definition) is 3. The maximum absolute atomic E-state index is 13.3. The van der Waals surface area contributed by atoms with Crippen LogP contribution in [0.25, 0.3) is 0 Å². The average molecular weight is 359 g/mol. The average Bonchev–Trinajstić information content (AvgIpc) is 3.07. The minimum atomic E-state index is -0.806. The summed E-state index contributed by atoms with van der Waals surface area (Å²) in [7, 11) is 0. The molecule has 0 N–H and O–H groups in total. The van der Waals surface area contributed by atoms with E-state index in [2.05, 4.69) is 10.00 Å². The fraction of sp³-hybridized carbons (Fsp3) is 0.500. The van der Waals surface area contributed by atoms with Gasteiger partial charge in [-0.1, -0.05) is 6.07 Å². The van der Waals surface area contributed by atoms with Gasteiger partial charge in [-0.25, -0.2) is 13.5 Å². The first-order valence-electron chi connectivity index (χ1n) is 9.35. The third kappa shape index (κ3) is 3.70. The van der Waals surface area contributed by atoms with Crippen molar-refractivity contribution in [1.29, 1.82) is 0 Å². The fourth-order valence-electron chi connectivity index (χ4n) is 4.04. The molecule has 2 heterocycles. The van der Waals surface area contributed by atoms with E-state index >= 15 is 0 Å². The van der Waals surface area contributed by atoms with Crippen molar-refractivity contribution in [2.24, 2.45) is 5.92 Å². The highest BCUT2D eigenvalue weighted by Gasteiger charge is 2.22. The predicted molar refractivity (Wildman–Crippen MR) is 94.9 cm³/mol. The van der Waals surface area contributed by atoms with E-state index < -0.39 is 11.6 Å². The van der Waals surface area contributed by atoms with Gasteiger partial charge < -0.3 is 0 Å². The number of rotatable bonds is 4. The molecule has 2 aromatic rings. The maximum atomic E-state index is 13.3. The Morgan fingerprint density at radius 3 is 2.65 bits per heavy atom. The lowest BCUT2D eigenvalue weighted by Crippen LogP contribution is -2.36. The van der Waals surface area contributed by atoms with Crippen molar-refractivity contribution >= 4 is 0 Å². The summed E-state index contributed by atoms with van der Waals surface area (Å²) in [5.74, 6) is -1.17. The topological polar surface area (TPSA) is 38.1 Å². The summed E-state index contributed by atoms with van der Waals surface area (Å²) in [6.45, 7) is 3.08. The Balaban J connectivity index is 1.34. The smallest absolute Gasteiger partial charge is 0.267 e. The second-order valence-electron chi connectivity index (χ2n) is 7.46. The molecule has 0 unspecified atom stereocenters. The van der Waals surface area contributed by atoms with Gasteiger partial charge in [0, 0.05) is 19.2 Å². The number of hydrogen-bond donors (Lipinski definition) is 0. The first-order valence-corrected chi connectivity index (χ1v) is 9.35. The van der Waals surface area contributed by atoms with Gasteiger partial charge in [-0.15, -0.1) is 0 Å². The molecule has 26 heavy (non-hydrogen) atoms. The Morgan fingerprint density at radius 1 is 1.08 bits per heavy atom. The van der Waals surface area contributed by atoms with Crippen LogP contribution in [0.1, 0.15) is 36.1 Å². The number of fused-ring (bicyclic) bond motifs is 1. The third-order valence-electron chi connectivity index (χ3n) is 5.55. The molecule has 0 bridgehead atoms. The number of piperidine rings is 1. The van der Waals surface area contributed by atoms with Gasteiger partial charge >= 0.3 is 0 Å². The molecule has 0 amide bonds. The van der Waals surface area contributed by atoms with Gasteiger partial charge in [0.05, 0.1) is 5.69 Å². The van der Waals surface area contributed by atoms with Gasteiger partial charge in [-0.2, -0.15) is 5.10 Å². The molecule has 138 valence electrons. The largest absolute Gasteiger partial charge is 0.299 e. The quantitative estimate of drug-likeness (QED) is 0.842. The third-order valence-corrected chi connectivity index (χ3v) is 5.55. The van der Waals surface area contributed by atoms with Crippen molar-refractivity contribution in [3.8, 4) is 0 Å². The number of aromatic nitrogens is 2. The van der Waals surface area contributed by atoms with Crippen LogP contribution >= 0.6 is 0 Å². The molecule has 0 saturated carbocycles. The lowest BCUT2D eigenvalue weighted by molar-refractivity contribution is 0.163. The number of benzene rings is 1. The summed E-state index contributed by atoms with van der Waals surface area (Å²) in [6.07, 6.45) is 5.00. The lowest BCUT2D eigenvalue weighted by Gasteiger charge is -2.32. The van der Waals surface area contributed by atoms with Gasteiger partial charge in [0.1, 0.15) is 0 Å². The normalized spacial score (nSPS) is 18.2. The Bertz CT molecular complexity index is 857. The van der Waals surface area contributed by atoms with E-state index in [1.165, 1.54) is 12.1 Å². The summed E-state index contributed by atoms with van der Waals surface area (Å²) >= 11 is 0. The van der Waals surface area contributed by atoms with Crippen LogP contribution in [-0.4, -0.2) is 27.8 Å². The van der Waals surface area contributed by atoms with E-state index in [0.717, 1.165) is 62.0 Å². The van der Waals surface area contributed by atoms with Crippen molar-refractivity contribution in [3.05, 3.63) is 63.1 Å². The Morgan fingerprint density at radius 2 is 1.88 bits per heavy atom. The van der Waals surface area contributed by atoms with Crippen molar-refractivity contribution < 1.29 is 8.78 Å². The van der Waals surface area contributed by atoms with E-state index in [0.29, 0.717) is 19.0 Å². The van der Waals surface area contributed by atoms with Gasteiger partial charge in [0.15, 0.2) is 11.6 Å². The molecule has 1 fully saturated rings. The molecule has 1 aromatic carbocycles. The van der Waals surface area contributed by atoms with Crippen LogP contribution in [0.4, 0.5) is 8.78 Å². The molecule has 1 saturated heterocycles. The lowest BCUT2D eigenvalue weighted by atomic mass is 9.96. The van der Waals surface area contributed by atoms with Crippen molar-refractivity contribution in [1.82, 2.24) is 14.7 Å². The van der Waals surface area contributed by atoms with Gasteiger partial charge in [-0.05, 0) is 74.4 Å². The zero-order valence-corrected chi connectivity index (χ0v) is 14.8. The van der Waals surface area contributed by atoms with E-state index in [1.807, 2.05) is 0 Å². The van der Waals surface area contributed by atoms with Crippen LogP contribution in [0.15, 0.2) is 29.1 Å². The van der Waals surface area contributed by atoms with Crippen LogP contribution in [0, 0.1) is 17.6 Å². The summed E-state index contributed by atoms with van der Waals surface area (Å²) in [4.78, 5) is 14.5. The minimum absolute atomic E-state index is 0.00914. The standard InChI is InChI=1S/C20H23F2N3O/c21-17-5-4-15(10-18(17)22)12-24-8-6-14(7-9-24)13-25-20(26)11-16-2-1-3-19(16)23-25/h4-5,10-11,14H,1-3,6-9,12-13H2. The number of nitrogens with zero attached hydrogens (tertiary/aromatic N) is 3. The van der Waals surface area contributed by atoms with Crippen LogP contribution in [0.5, 0.6) is 0 Å². The summed E-state index contributed by atoms with van der Waals surface area (Å²) < 4.78 is 28.0. The second kappa shape index (κ2) is 7.27. The molecule has 0 atom stereocenters. The Labute approximate surface area is 151 Å². The molecule has 1 aliphatic carbocycles. The van der Waals surface area contributed by atoms with Crippen LogP contribution in [0.2, 0.25) is 0 Å². The highest BCUT2D eigenvalue weighted by Crippen LogP contribution is 2.22. The molecule has 4 nitrogen and oxygen atoms in total. The van der Waals surface area contributed by atoms with E-state index in [-0.39, 0.29) is 5.56 Å². The monoisotopic (exact) mass is 359 g/mol. The highest BCUT2D eigenvalue weighted by molar-refractivity contribution is 5.22. The molecule has 2 aliphatic rings. The van der Waals surface area contributed by atoms with E-state index in [9.17, 15) is 13.6 Å². The van der Waals surface area contributed by atoms with Gasteiger partial charge in [-0.3, -0.25) is 9.69 Å². The van der Waals surface area contributed by atoms with Gasteiger partial charge in [0.25, 0.3) is 5.56 Å². The van der Waals surface area contributed by atoms with Crippen LogP contribution < -0.4 is 5.56 Å². The SMILES string of the molecule is O=c1cc2c(nn1CC1CCN(Cc3ccc(F)c(F)c3)CC1)CCC2. The van der Waals surface area contributed by atoms with Crippen molar-refractivity contribution in [3.63, 3.8) is 0 Å². The summed E-state index contributed by atoms with van der Waals surface area (Å²) in [5.41, 5.74) is 3.00. The first kappa shape index (κ1) is 17.3. The molecule has 1 aliphatic heterocycles. The molecular weight excluding hydrogens is 336 g/mol. The molecular formula is C20H23F2N3O. The van der Waals surface area contributed by atoms with E-state index in [4.69, 9.17) is 0 Å². The first-order chi connectivity index (χ1) is 12.6. The highest BCUT2D eigenvalue weighted by atomic mass is 19.2. The Hall–Kier alpha value is -2.08. The van der Waals surface area contributed by atoms with Crippen LogP contribution in [0.3, 0.4) is 0 Å². The number of halogens is 2. The zero-order valence-electron chi connectivity index (χ0n) is 14.8. The summed E-state index contributed by atoms with van der Waals surface area (Å²) in [5, 5.41) is 4.57. The minimum Gasteiger partial charge on any atom is -0.299 e. The molecule has 4 rings (SSSR count).